The molecule has 2 aliphatic carbocycles. The molecule has 2 saturated carbocycles. The molecule has 1 amide bonds. The Morgan fingerprint density at radius 3 is 2.55 bits per heavy atom. The molecule has 29 heavy (non-hydrogen) atoms. The van der Waals surface area contributed by atoms with Crippen LogP contribution in [0.3, 0.4) is 0 Å². The highest BCUT2D eigenvalue weighted by Gasteiger charge is 2.24. The van der Waals surface area contributed by atoms with E-state index in [1.54, 1.807) is 12.1 Å². The van der Waals surface area contributed by atoms with Crippen molar-refractivity contribution < 1.29 is 9.53 Å². The van der Waals surface area contributed by atoms with Gasteiger partial charge in [0.1, 0.15) is 6.10 Å². The molecule has 0 bridgehead atoms. The van der Waals surface area contributed by atoms with Crippen LogP contribution in [0.25, 0.3) is 22.4 Å². The number of hydrogen-bond acceptors (Lipinski definition) is 4. The maximum Gasteiger partial charge on any atom is 0.296 e. The van der Waals surface area contributed by atoms with E-state index in [1.165, 1.54) is 19.3 Å². The number of aromatic amines is 1. The molecule has 0 spiro atoms. The quantitative estimate of drug-likeness (QED) is 0.628. The van der Waals surface area contributed by atoms with E-state index in [-0.39, 0.29) is 12.0 Å². The van der Waals surface area contributed by atoms with Crippen LogP contribution in [0.1, 0.15) is 55.3 Å². The molecule has 3 aromatic rings. The Balaban J connectivity index is 1.37. The number of halogens is 1. The Kier molecular flexibility index (Phi) is 4.87. The molecular formula is C22H23ClN4O2. The lowest BCUT2D eigenvalue weighted by atomic mass is 9.98. The highest BCUT2D eigenvalue weighted by atomic mass is 35.5. The van der Waals surface area contributed by atoms with Crippen molar-refractivity contribution in [2.45, 2.75) is 57.1 Å². The summed E-state index contributed by atoms with van der Waals surface area (Å²) in [5.41, 5.74) is 3.46. The van der Waals surface area contributed by atoms with E-state index in [0.717, 1.165) is 36.8 Å². The number of nitrogens with zero attached hydrogens (tertiary/aromatic N) is 2. The molecule has 0 atom stereocenters. The van der Waals surface area contributed by atoms with E-state index < -0.39 is 0 Å². The summed E-state index contributed by atoms with van der Waals surface area (Å²) in [5, 5.41) is 3.52. The number of rotatable bonds is 5. The number of amides is 1. The molecule has 1 aromatic carbocycles. The molecule has 5 rings (SSSR count). The maximum absolute atomic E-state index is 12.2. The fraction of sp³-hybridized carbons (Fsp3) is 0.409. The van der Waals surface area contributed by atoms with E-state index in [1.807, 2.05) is 18.2 Å². The Bertz CT molecular complexity index is 1040. The zero-order valence-corrected chi connectivity index (χ0v) is 16.8. The summed E-state index contributed by atoms with van der Waals surface area (Å²) in [6.45, 7) is 0. The molecule has 2 heterocycles. The number of nitrogens with one attached hydrogen (secondary N) is 2. The highest BCUT2D eigenvalue weighted by Crippen LogP contribution is 2.30. The van der Waals surface area contributed by atoms with Crippen molar-refractivity contribution >= 4 is 28.7 Å². The van der Waals surface area contributed by atoms with E-state index in [4.69, 9.17) is 16.3 Å². The number of aromatic nitrogens is 3. The van der Waals surface area contributed by atoms with Crippen LogP contribution < -0.4 is 10.1 Å². The molecule has 2 aromatic heterocycles. The third kappa shape index (κ3) is 4.08. The van der Waals surface area contributed by atoms with Gasteiger partial charge in [-0.15, -0.1) is 0 Å². The van der Waals surface area contributed by atoms with E-state index in [0.29, 0.717) is 34.0 Å². The second kappa shape index (κ2) is 7.67. The van der Waals surface area contributed by atoms with Crippen molar-refractivity contribution in [3.8, 4) is 17.3 Å². The zero-order valence-electron chi connectivity index (χ0n) is 16.1. The largest absolute Gasteiger partial charge is 0.461 e. The van der Waals surface area contributed by atoms with Crippen LogP contribution in [0.15, 0.2) is 30.3 Å². The minimum atomic E-state index is -0.0367. The predicted molar refractivity (Wildman–Crippen MR) is 112 cm³/mol. The van der Waals surface area contributed by atoms with Gasteiger partial charge in [0.25, 0.3) is 11.9 Å². The van der Waals surface area contributed by atoms with Gasteiger partial charge in [0.05, 0.1) is 16.2 Å². The van der Waals surface area contributed by atoms with Gasteiger partial charge >= 0.3 is 0 Å². The van der Waals surface area contributed by atoms with Crippen LogP contribution in [0.5, 0.6) is 6.01 Å². The number of fused-ring (bicyclic) bond motifs is 1. The summed E-state index contributed by atoms with van der Waals surface area (Å²) in [4.78, 5) is 24.5. The topological polar surface area (TPSA) is 79.9 Å². The van der Waals surface area contributed by atoms with Gasteiger partial charge in [0.2, 0.25) is 0 Å². The van der Waals surface area contributed by atoms with Crippen molar-refractivity contribution in [3.63, 3.8) is 0 Å². The van der Waals surface area contributed by atoms with Crippen molar-refractivity contribution in [1.82, 2.24) is 20.3 Å². The highest BCUT2D eigenvalue weighted by molar-refractivity contribution is 6.33. The predicted octanol–water partition coefficient (Wildman–Crippen LogP) is 4.88. The van der Waals surface area contributed by atoms with E-state index in [2.05, 4.69) is 20.3 Å². The first-order chi connectivity index (χ1) is 14.2. The second-order valence-corrected chi connectivity index (χ2v) is 8.34. The number of benzene rings is 1. The van der Waals surface area contributed by atoms with Crippen LogP contribution >= 0.6 is 11.6 Å². The smallest absolute Gasteiger partial charge is 0.296 e. The lowest BCUT2D eigenvalue weighted by molar-refractivity contribution is 0.0951. The standard InChI is InChI=1S/C22H23ClN4O2/c23-17-12-18-20(27-22(25-18)29-16-4-2-1-3-5-16)26-19(17)13-6-8-14(9-7-13)21(28)24-15-10-11-15/h6-9,12,15-16H,1-5,10-11H2,(H,24,28)(H,25,26,27). The Labute approximate surface area is 174 Å². The van der Waals surface area contributed by atoms with E-state index in [9.17, 15) is 4.79 Å². The molecule has 150 valence electrons. The lowest BCUT2D eigenvalue weighted by Crippen LogP contribution is -2.25. The number of hydrogen-bond donors (Lipinski definition) is 2. The van der Waals surface area contributed by atoms with Crippen LogP contribution in [0.4, 0.5) is 0 Å². The molecule has 0 saturated heterocycles. The summed E-state index contributed by atoms with van der Waals surface area (Å²) in [6, 6.07) is 10.0. The molecular weight excluding hydrogens is 388 g/mol. The molecule has 0 unspecified atom stereocenters. The van der Waals surface area contributed by atoms with Gasteiger partial charge in [0.15, 0.2) is 5.65 Å². The van der Waals surface area contributed by atoms with Crippen LogP contribution in [-0.4, -0.2) is 33.0 Å². The van der Waals surface area contributed by atoms with Gasteiger partial charge < -0.3 is 15.0 Å². The first-order valence-electron chi connectivity index (χ1n) is 10.3. The van der Waals surface area contributed by atoms with Gasteiger partial charge in [-0.25, -0.2) is 4.98 Å². The minimum absolute atomic E-state index is 0.0367. The summed E-state index contributed by atoms with van der Waals surface area (Å²) >= 11 is 6.49. The summed E-state index contributed by atoms with van der Waals surface area (Å²) in [5.74, 6) is -0.0367. The second-order valence-electron chi connectivity index (χ2n) is 7.93. The molecule has 0 radical (unpaired) electrons. The summed E-state index contributed by atoms with van der Waals surface area (Å²) in [7, 11) is 0. The molecule has 2 N–H and O–H groups in total. The third-order valence-corrected chi connectivity index (χ3v) is 5.86. The number of H-pyrrole nitrogens is 1. The normalized spacial score (nSPS) is 17.4. The minimum Gasteiger partial charge on any atom is -0.461 e. The molecule has 2 aliphatic rings. The Hall–Kier alpha value is -2.60. The number of pyridine rings is 1. The van der Waals surface area contributed by atoms with E-state index >= 15 is 0 Å². The fourth-order valence-electron chi connectivity index (χ4n) is 3.77. The molecule has 7 heteroatoms. The Morgan fingerprint density at radius 2 is 1.83 bits per heavy atom. The molecule has 2 fully saturated rings. The summed E-state index contributed by atoms with van der Waals surface area (Å²) < 4.78 is 6.01. The number of carbonyl (C=O) groups is 1. The van der Waals surface area contributed by atoms with Crippen molar-refractivity contribution in [2.24, 2.45) is 0 Å². The van der Waals surface area contributed by atoms with Gasteiger partial charge in [-0.3, -0.25) is 4.79 Å². The number of carbonyl (C=O) groups excluding carboxylic acids is 1. The SMILES string of the molecule is O=C(NC1CC1)c1ccc(-c2nc3nc(OC4CCCCC4)[nH]c3cc2Cl)cc1. The van der Waals surface area contributed by atoms with Crippen molar-refractivity contribution in [2.75, 3.05) is 0 Å². The monoisotopic (exact) mass is 410 g/mol. The first kappa shape index (κ1) is 18.4. The number of imidazole rings is 1. The van der Waals surface area contributed by atoms with Gasteiger partial charge in [-0.05, 0) is 56.7 Å². The lowest BCUT2D eigenvalue weighted by Gasteiger charge is -2.21. The Morgan fingerprint density at radius 1 is 1.07 bits per heavy atom. The average Bonchev–Trinajstić information content (AvgIpc) is 3.46. The first-order valence-corrected chi connectivity index (χ1v) is 10.7. The fourth-order valence-corrected chi connectivity index (χ4v) is 4.03. The summed E-state index contributed by atoms with van der Waals surface area (Å²) in [6.07, 6.45) is 8.17. The zero-order chi connectivity index (χ0) is 19.8. The van der Waals surface area contributed by atoms with Crippen LogP contribution in [0, 0.1) is 0 Å². The molecule has 6 nitrogen and oxygen atoms in total. The molecule has 0 aliphatic heterocycles. The number of ether oxygens (including phenoxy) is 1. The van der Waals surface area contributed by atoms with Crippen LogP contribution in [0.2, 0.25) is 5.02 Å². The van der Waals surface area contributed by atoms with Gasteiger partial charge in [0, 0.05) is 17.2 Å². The third-order valence-electron chi connectivity index (χ3n) is 5.57. The maximum atomic E-state index is 12.2. The van der Waals surface area contributed by atoms with Gasteiger partial charge in [-0.1, -0.05) is 30.2 Å². The van der Waals surface area contributed by atoms with Crippen LogP contribution in [-0.2, 0) is 0 Å². The van der Waals surface area contributed by atoms with Crippen molar-refractivity contribution in [1.29, 1.82) is 0 Å². The van der Waals surface area contributed by atoms with Crippen molar-refractivity contribution in [3.05, 3.63) is 40.9 Å². The van der Waals surface area contributed by atoms with Gasteiger partial charge in [-0.2, -0.15) is 4.98 Å². The average molecular weight is 411 g/mol.